The number of rotatable bonds is 6. The molecular formula is C28H26N4O2S. The second kappa shape index (κ2) is 9.77. The number of hydrogen-bond acceptors (Lipinski definition) is 6. The van der Waals surface area contributed by atoms with Gasteiger partial charge in [-0.15, -0.1) is 0 Å². The standard InChI is InChI=1S/C28H26N4O2S/c1-6-20-8-10-21(11-9-20)32-27(33)24(31-23-12-7-16(2)13-18(23)4)25(28(32)34)35-26-22(15-29)17(3)14-19(5)30-26/h7-14,31H,6H2,1-5H3. The van der Waals surface area contributed by atoms with Crippen LogP contribution in [0.5, 0.6) is 0 Å². The van der Waals surface area contributed by atoms with Crippen molar-refractivity contribution in [3.8, 4) is 6.07 Å². The molecule has 7 heteroatoms. The number of nitrogens with zero attached hydrogens (tertiary/aromatic N) is 3. The van der Waals surface area contributed by atoms with Crippen molar-refractivity contribution < 1.29 is 9.59 Å². The van der Waals surface area contributed by atoms with Gasteiger partial charge in [0.2, 0.25) is 0 Å². The molecule has 0 radical (unpaired) electrons. The van der Waals surface area contributed by atoms with Crippen molar-refractivity contribution in [3.63, 3.8) is 0 Å². The summed E-state index contributed by atoms with van der Waals surface area (Å²) in [7, 11) is 0. The van der Waals surface area contributed by atoms with Crippen LogP contribution < -0.4 is 10.2 Å². The van der Waals surface area contributed by atoms with E-state index >= 15 is 0 Å². The van der Waals surface area contributed by atoms with E-state index in [9.17, 15) is 14.9 Å². The molecule has 2 amide bonds. The fourth-order valence-electron chi connectivity index (χ4n) is 4.03. The molecule has 0 atom stereocenters. The Labute approximate surface area is 209 Å². The van der Waals surface area contributed by atoms with Gasteiger partial charge in [-0.2, -0.15) is 5.26 Å². The average Bonchev–Trinajstić information content (AvgIpc) is 3.04. The monoisotopic (exact) mass is 482 g/mol. The van der Waals surface area contributed by atoms with Crippen molar-refractivity contribution in [2.75, 3.05) is 10.2 Å². The summed E-state index contributed by atoms with van der Waals surface area (Å²) in [6.45, 7) is 9.67. The Balaban J connectivity index is 1.82. The van der Waals surface area contributed by atoms with Gasteiger partial charge in [0.1, 0.15) is 21.7 Å². The number of thioether (sulfide) groups is 1. The van der Waals surface area contributed by atoms with Crippen LogP contribution in [0.2, 0.25) is 0 Å². The number of nitriles is 1. The summed E-state index contributed by atoms with van der Waals surface area (Å²) < 4.78 is 0. The Morgan fingerprint density at radius 3 is 2.31 bits per heavy atom. The highest BCUT2D eigenvalue weighted by atomic mass is 32.2. The first kappa shape index (κ1) is 24.2. The number of aryl methyl sites for hydroxylation is 5. The first-order valence-electron chi connectivity index (χ1n) is 11.4. The second-order valence-corrected chi connectivity index (χ2v) is 9.59. The Kier molecular flexibility index (Phi) is 6.77. The summed E-state index contributed by atoms with van der Waals surface area (Å²) >= 11 is 1.06. The number of amides is 2. The van der Waals surface area contributed by atoms with Crippen LogP contribution in [0, 0.1) is 39.0 Å². The highest BCUT2D eigenvalue weighted by molar-refractivity contribution is 8.04. The molecule has 176 valence electrons. The van der Waals surface area contributed by atoms with Crippen LogP contribution in [0.3, 0.4) is 0 Å². The van der Waals surface area contributed by atoms with Crippen LogP contribution in [0.1, 0.15) is 40.4 Å². The van der Waals surface area contributed by atoms with Gasteiger partial charge in [-0.1, -0.05) is 48.5 Å². The molecule has 2 heterocycles. The van der Waals surface area contributed by atoms with Crippen LogP contribution in [0.15, 0.2) is 64.2 Å². The summed E-state index contributed by atoms with van der Waals surface area (Å²) in [4.78, 5) is 33.2. The smallest absolute Gasteiger partial charge is 0.283 e. The van der Waals surface area contributed by atoms with E-state index in [2.05, 4.69) is 16.4 Å². The van der Waals surface area contributed by atoms with E-state index in [1.54, 1.807) is 12.1 Å². The molecule has 0 saturated heterocycles. The SMILES string of the molecule is CCc1ccc(N2C(=O)C(Nc3ccc(C)cc3C)=C(Sc3nc(C)cc(C)c3C#N)C2=O)cc1. The predicted molar refractivity (Wildman–Crippen MR) is 139 cm³/mol. The zero-order chi connectivity index (χ0) is 25.3. The molecule has 0 fully saturated rings. The third kappa shape index (κ3) is 4.71. The van der Waals surface area contributed by atoms with E-state index in [1.807, 2.05) is 71.0 Å². The van der Waals surface area contributed by atoms with Crippen molar-refractivity contribution in [1.29, 1.82) is 5.26 Å². The predicted octanol–water partition coefficient (Wildman–Crippen LogP) is 5.74. The minimum atomic E-state index is -0.443. The second-order valence-electron chi connectivity index (χ2n) is 8.59. The third-order valence-electron chi connectivity index (χ3n) is 5.91. The fraction of sp³-hybridized carbons (Fsp3) is 0.214. The summed E-state index contributed by atoms with van der Waals surface area (Å²) in [5.41, 5.74) is 6.48. The van der Waals surface area contributed by atoms with Crippen molar-refractivity contribution in [1.82, 2.24) is 4.98 Å². The van der Waals surface area contributed by atoms with Gasteiger partial charge in [0.15, 0.2) is 0 Å². The van der Waals surface area contributed by atoms with E-state index < -0.39 is 11.8 Å². The molecule has 6 nitrogen and oxygen atoms in total. The number of carbonyl (C=O) groups excluding carboxylic acids is 2. The molecule has 1 N–H and O–H groups in total. The van der Waals surface area contributed by atoms with Gasteiger partial charge >= 0.3 is 0 Å². The highest BCUT2D eigenvalue weighted by Gasteiger charge is 2.41. The van der Waals surface area contributed by atoms with Crippen molar-refractivity contribution in [2.24, 2.45) is 0 Å². The van der Waals surface area contributed by atoms with E-state index in [1.165, 1.54) is 4.90 Å². The lowest BCUT2D eigenvalue weighted by Crippen LogP contribution is -2.32. The molecule has 0 unspecified atom stereocenters. The van der Waals surface area contributed by atoms with E-state index in [0.717, 1.165) is 51.8 Å². The van der Waals surface area contributed by atoms with Gasteiger partial charge in [-0.25, -0.2) is 9.88 Å². The first-order chi connectivity index (χ1) is 16.7. The first-order valence-corrected chi connectivity index (χ1v) is 12.2. The van der Waals surface area contributed by atoms with Crippen LogP contribution >= 0.6 is 11.8 Å². The normalized spacial score (nSPS) is 13.4. The number of nitrogens with one attached hydrogen (secondary N) is 1. The lowest BCUT2D eigenvalue weighted by atomic mass is 10.1. The summed E-state index contributed by atoms with van der Waals surface area (Å²) in [5, 5.41) is 13.3. The van der Waals surface area contributed by atoms with Crippen molar-refractivity contribution in [2.45, 2.75) is 46.1 Å². The number of pyridine rings is 1. The number of carbonyl (C=O) groups is 2. The van der Waals surface area contributed by atoms with Gasteiger partial charge in [-0.05, 0) is 75.1 Å². The van der Waals surface area contributed by atoms with Crippen molar-refractivity contribution >= 4 is 35.0 Å². The maximum Gasteiger partial charge on any atom is 0.283 e. The van der Waals surface area contributed by atoms with Gasteiger partial charge < -0.3 is 5.32 Å². The van der Waals surface area contributed by atoms with E-state index in [4.69, 9.17) is 0 Å². The molecule has 3 aromatic rings. The summed E-state index contributed by atoms with van der Waals surface area (Å²) in [6.07, 6.45) is 0.857. The van der Waals surface area contributed by atoms with Gasteiger partial charge in [0, 0.05) is 11.4 Å². The Morgan fingerprint density at radius 2 is 1.69 bits per heavy atom. The molecule has 2 aromatic carbocycles. The fourth-order valence-corrected chi connectivity index (χ4v) is 5.14. The minimum Gasteiger partial charge on any atom is -0.350 e. The van der Waals surface area contributed by atoms with Crippen molar-refractivity contribution in [3.05, 3.63) is 92.6 Å². The Hall–Kier alpha value is -3.89. The number of aromatic nitrogens is 1. The van der Waals surface area contributed by atoms with Crippen LogP contribution in [0.4, 0.5) is 11.4 Å². The maximum atomic E-state index is 13.7. The topological polar surface area (TPSA) is 86.1 Å². The molecule has 4 rings (SSSR count). The molecule has 1 aliphatic rings. The quantitative estimate of drug-likeness (QED) is 0.451. The minimum absolute atomic E-state index is 0.177. The third-order valence-corrected chi connectivity index (χ3v) is 6.98. The lowest BCUT2D eigenvalue weighted by Gasteiger charge is -2.16. The Bertz CT molecular complexity index is 1420. The number of imide groups is 1. The molecule has 0 saturated carbocycles. The van der Waals surface area contributed by atoms with Gasteiger partial charge in [0.05, 0.1) is 11.3 Å². The summed E-state index contributed by atoms with van der Waals surface area (Å²) in [5.74, 6) is -0.883. The molecule has 0 bridgehead atoms. The lowest BCUT2D eigenvalue weighted by molar-refractivity contribution is -0.120. The van der Waals surface area contributed by atoms with Gasteiger partial charge in [0.25, 0.3) is 11.8 Å². The van der Waals surface area contributed by atoms with Crippen LogP contribution in [-0.2, 0) is 16.0 Å². The maximum absolute atomic E-state index is 13.7. The van der Waals surface area contributed by atoms with E-state index in [0.29, 0.717) is 16.3 Å². The molecule has 1 aliphatic heterocycles. The molecule has 1 aromatic heterocycles. The Morgan fingerprint density at radius 1 is 0.971 bits per heavy atom. The number of hydrogen-bond donors (Lipinski definition) is 1. The number of anilines is 2. The van der Waals surface area contributed by atoms with Gasteiger partial charge in [-0.3, -0.25) is 9.59 Å². The van der Waals surface area contributed by atoms with Crippen LogP contribution in [0.25, 0.3) is 0 Å². The molecule has 35 heavy (non-hydrogen) atoms. The largest absolute Gasteiger partial charge is 0.350 e. The molecule has 0 spiro atoms. The van der Waals surface area contributed by atoms with Crippen LogP contribution in [-0.4, -0.2) is 16.8 Å². The molecule has 0 aliphatic carbocycles. The average molecular weight is 483 g/mol. The zero-order valence-electron chi connectivity index (χ0n) is 20.4. The molecular weight excluding hydrogens is 456 g/mol. The summed E-state index contributed by atoms with van der Waals surface area (Å²) in [6, 6.07) is 17.3. The highest BCUT2D eigenvalue weighted by Crippen LogP contribution is 2.39. The number of benzene rings is 2. The zero-order valence-corrected chi connectivity index (χ0v) is 21.2. The van der Waals surface area contributed by atoms with E-state index in [-0.39, 0.29) is 10.6 Å².